The molecule has 9 aromatic rings. The van der Waals surface area contributed by atoms with Crippen molar-refractivity contribution in [1.82, 2.24) is 0 Å². The zero-order valence-electron chi connectivity index (χ0n) is 34.1. The Morgan fingerprint density at radius 1 is 0.300 bits per heavy atom. The van der Waals surface area contributed by atoms with Crippen LogP contribution in [0.15, 0.2) is 212 Å². The first-order valence-electron chi connectivity index (χ1n) is 21.2. The molecule has 0 bridgehead atoms. The average molecular weight is 768 g/mol. The summed E-state index contributed by atoms with van der Waals surface area (Å²) < 4.78 is 0. The van der Waals surface area contributed by atoms with Gasteiger partial charge in [0.1, 0.15) is 0 Å². The maximum atomic E-state index is 2.48. The van der Waals surface area contributed by atoms with E-state index in [1.54, 1.807) is 0 Å². The third-order valence-corrected chi connectivity index (χ3v) is 13.0. The zero-order valence-corrected chi connectivity index (χ0v) is 34.1. The summed E-state index contributed by atoms with van der Waals surface area (Å²) in [5.41, 5.74) is 24.1. The van der Waals surface area contributed by atoms with E-state index >= 15 is 0 Å². The number of hydrogen-bond acceptors (Lipinski definition) is 1. The van der Waals surface area contributed by atoms with Gasteiger partial charge in [-0.1, -0.05) is 184 Å². The molecule has 1 nitrogen and oxygen atoms in total. The van der Waals surface area contributed by atoms with E-state index in [0.29, 0.717) is 0 Å². The van der Waals surface area contributed by atoms with Crippen molar-refractivity contribution in [3.8, 4) is 55.6 Å². The predicted octanol–water partition coefficient (Wildman–Crippen LogP) is 15.6. The van der Waals surface area contributed by atoms with E-state index in [4.69, 9.17) is 0 Å². The first-order valence-corrected chi connectivity index (χ1v) is 21.2. The smallest absolute Gasteiger partial charge is 0.0467 e. The van der Waals surface area contributed by atoms with Crippen LogP contribution in [0.2, 0.25) is 0 Å². The minimum Gasteiger partial charge on any atom is -0.310 e. The second-order valence-electron chi connectivity index (χ2n) is 16.9. The largest absolute Gasteiger partial charge is 0.310 e. The van der Waals surface area contributed by atoms with Gasteiger partial charge in [0.05, 0.1) is 0 Å². The zero-order chi connectivity index (χ0) is 40.2. The van der Waals surface area contributed by atoms with Gasteiger partial charge in [-0.05, 0) is 144 Å². The highest BCUT2D eigenvalue weighted by atomic mass is 15.1. The van der Waals surface area contributed by atoms with Crippen LogP contribution in [0.5, 0.6) is 0 Å². The van der Waals surface area contributed by atoms with Crippen LogP contribution < -0.4 is 4.90 Å². The van der Waals surface area contributed by atoms with Gasteiger partial charge in [0.15, 0.2) is 0 Å². The predicted molar refractivity (Wildman–Crippen MR) is 252 cm³/mol. The standard InChI is InChI=1S/C59H45N/c1-59(2)57-29-13-12-28-55(57)56-33-31-50(39-58(56)59)60(48-24-15-23-43(37-48)42-22-14-21-41(34-42)40-16-4-3-5-17-40)49-30-32-54-47(38-49)36-46-20-8-10-26-52(46)51-25-9-6-18-44(51)35-45-19-7-11-27-53(45)54/h3-34,37-39H,35-36H2,1-2H3. The van der Waals surface area contributed by atoms with Crippen molar-refractivity contribution in [2.45, 2.75) is 32.1 Å². The number of fused-ring (bicyclic) bond motifs is 9. The number of hydrogen-bond donors (Lipinski definition) is 0. The van der Waals surface area contributed by atoms with Crippen LogP contribution in [0, 0.1) is 0 Å². The molecule has 0 N–H and O–H groups in total. The molecular weight excluding hydrogens is 723 g/mol. The second-order valence-corrected chi connectivity index (χ2v) is 16.9. The summed E-state index contributed by atoms with van der Waals surface area (Å²) in [5, 5.41) is 0. The highest BCUT2D eigenvalue weighted by molar-refractivity contribution is 5.88. The molecule has 0 fully saturated rings. The molecule has 0 atom stereocenters. The van der Waals surface area contributed by atoms with E-state index in [9.17, 15) is 0 Å². The van der Waals surface area contributed by atoms with Crippen LogP contribution in [0.3, 0.4) is 0 Å². The number of nitrogens with zero attached hydrogens (tertiary/aromatic N) is 1. The van der Waals surface area contributed by atoms with Crippen molar-refractivity contribution in [3.63, 3.8) is 0 Å². The topological polar surface area (TPSA) is 3.24 Å². The molecule has 9 aromatic carbocycles. The second kappa shape index (κ2) is 14.6. The van der Waals surface area contributed by atoms with E-state index < -0.39 is 0 Å². The summed E-state index contributed by atoms with van der Waals surface area (Å²) in [7, 11) is 0. The molecule has 0 aliphatic heterocycles. The monoisotopic (exact) mass is 767 g/mol. The van der Waals surface area contributed by atoms with Crippen molar-refractivity contribution in [3.05, 3.63) is 246 Å². The lowest BCUT2D eigenvalue weighted by molar-refractivity contribution is 0.660. The van der Waals surface area contributed by atoms with Gasteiger partial charge in [0, 0.05) is 22.5 Å². The van der Waals surface area contributed by atoms with Crippen LogP contribution in [0.25, 0.3) is 55.6 Å². The molecule has 2 aliphatic rings. The Labute approximate surface area is 353 Å². The third-order valence-electron chi connectivity index (χ3n) is 13.0. The summed E-state index contributed by atoms with van der Waals surface area (Å²) in [5.74, 6) is 0. The lowest BCUT2D eigenvalue weighted by Crippen LogP contribution is -2.16. The van der Waals surface area contributed by atoms with Crippen LogP contribution in [0.1, 0.15) is 47.2 Å². The fourth-order valence-electron chi connectivity index (χ4n) is 9.96. The maximum Gasteiger partial charge on any atom is 0.0467 e. The van der Waals surface area contributed by atoms with Gasteiger partial charge >= 0.3 is 0 Å². The fraction of sp³-hybridized carbons (Fsp3) is 0.0847. The lowest BCUT2D eigenvalue weighted by Gasteiger charge is -2.29. The van der Waals surface area contributed by atoms with Crippen molar-refractivity contribution in [2.75, 3.05) is 4.90 Å². The summed E-state index contributed by atoms with van der Waals surface area (Å²) in [4.78, 5) is 2.48. The Morgan fingerprint density at radius 3 is 1.40 bits per heavy atom. The number of rotatable bonds is 5. The molecule has 0 radical (unpaired) electrons. The van der Waals surface area contributed by atoms with Crippen LogP contribution in [0.4, 0.5) is 17.1 Å². The Bertz CT molecular complexity index is 3080. The summed E-state index contributed by atoms with van der Waals surface area (Å²) in [6, 6.07) is 78.9. The van der Waals surface area contributed by atoms with Gasteiger partial charge in [0.2, 0.25) is 0 Å². The van der Waals surface area contributed by atoms with E-state index in [1.165, 1.54) is 89.0 Å². The molecule has 0 spiro atoms. The van der Waals surface area contributed by atoms with Gasteiger partial charge in [0.25, 0.3) is 0 Å². The van der Waals surface area contributed by atoms with Gasteiger partial charge in [-0.2, -0.15) is 0 Å². The SMILES string of the molecule is CC1(C)c2ccccc2-c2ccc(N(c3cccc(-c4cccc(-c5ccccc5)c4)c3)c3ccc4c(c3)Cc3ccccc3-c3ccccc3Cc3ccccc3-4)cc21. The quantitative estimate of drug-likeness (QED) is 0.169. The minimum absolute atomic E-state index is 0.125. The number of anilines is 3. The summed E-state index contributed by atoms with van der Waals surface area (Å²) >= 11 is 0. The first-order chi connectivity index (χ1) is 29.5. The molecule has 11 rings (SSSR count). The number of benzene rings is 9. The van der Waals surface area contributed by atoms with Gasteiger partial charge in [-0.25, -0.2) is 0 Å². The molecule has 60 heavy (non-hydrogen) atoms. The van der Waals surface area contributed by atoms with Crippen molar-refractivity contribution in [2.24, 2.45) is 0 Å². The first kappa shape index (κ1) is 35.9. The molecule has 286 valence electrons. The highest BCUT2D eigenvalue weighted by Gasteiger charge is 2.36. The van der Waals surface area contributed by atoms with Crippen molar-refractivity contribution in [1.29, 1.82) is 0 Å². The third kappa shape index (κ3) is 6.17. The van der Waals surface area contributed by atoms with Crippen molar-refractivity contribution < 1.29 is 0 Å². The van der Waals surface area contributed by atoms with Crippen LogP contribution in [-0.4, -0.2) is 0 Å². The molecule has 2 aliphatic carbocycles. The van der Waals surface area contributed by atoms with Gasteiger partial charge in [-0.3, -0.25) is 0 Å². The highest BCUT2D eigenvalue weighted by Crippen LogP contribution is 2.51. The Morgan fingerprint density at radius 2 is 0.733 bits per heavy atom. The molecule has 0 amide bonds. The van der Waals surface area contributed by atoms with E-state index in [-0.39, 0.29) is 5.41 Å². The van der Waals surface area contributed by atoms with Crippen LogP contribution >= 0.6 is 0 Å². The summed E-state index contributed by atoms with van der Waals surface area (Å²) in [6.45, 7) is 4.74. The Balaban J connectivity index is 1.10. The van der Waals surface area contributed by atoms with E-state index in [2.05, 4.69) is 231 Å². The molecule has 0 heterocycles. The molecule has 0 saturated heterocycles. The Hall–Kier alpha value is -7.22. The summed E-state index contributed by atoms with van der Waals surface area (Å²) in [6.07, 6.45) is 1.69. The van der Waals surface area contributed by atoms with E-state index in [0.717, 1.165) is 29.9 Å². The molecule has 1 heteroatoms. The average Bonchev–Trinajstić information content (AvgIpc) is 3.53. The normalized spacial score (nSPS) is 13.2. The Kier molecular flexibility index (Phi) is 8.71. The van der Waals surface area contributed by atoms with Crippen LogP contribution in [-0.2, 0) is 18.3 Å². The molecule has 0 unspecified atom stereocenters. The minimum atomic E-state index is -0.125. The van der Waals surface area contributed by atoms with Gasteiger partial charge in [-0.15, -0.1) is 0 Å². The maximum absolute atomic E-state index is 2.48. The molecule has 0 saturated carbocycles. The van der Waals surface area contributed by atoms with E-state index in [1.807, 2.05) is 0 Å². The molecular formula is C59H45N. The fourth-order valence-corrected chi connectivity index (χ4v) is 9.96. The molecule has 0 aromatic heterocycles. The lowest BCUT2D eigenvalue weighted by atomic mass is 9.82. The van der Waals surface area contributed by atoms with Gasteiger partial charge < -0.3 is 4.90 Å². The van der Waals surface area contributed by atoms with Crippen molar-refractivity contribution >= 4 is 17.1 Å².